The lowest BCUT2D eigenvalue weighted by molar-refractivity contribution is 0.192. The predicted molar refractivity (Wildman–Crippen MR) is 106 cm³/mol. The molecule has 136 valence electrons. The Morgan fingerprint density at radius 2 is 1.88 bits per heavy atom. The van der Waals surface area contributed by atoms with E-state index in [1.165, 1.54) is 42.2 Å². The summed E-state index contributed by atoms with van der Waals surface area (Å²) in [6, 6.07) is 13.8. The number of hydrogen-bond acceptors (Lipinski definition) is 3. The van der Waals surface area contributed by atoms with Crippen molar-refractivity contribution in [3.05, 3.63) is 59.4 Å². The van der Waals surface area contributed by atoms with Crippen molar-refractivity contribution in [2.24, 2.45) is 7.05 Å². The fourth-order valence-electron chi connectivity index (χ4n) is 4.25. The molecule has 4 rings (SSSR count). The van der Waals surface area contributed by atoms with E-state index in [0.717, 1.165) is 30.9 Å². The van der Waals surface area contributed by atoms with Crippen molar-refractivity contribution in [3.8, 4) is 0 Å². The van der Waals surface area contributed by atoms with E-state index < -0.39 is 0 Å². The average Bonchev–Trinajstić information content (AvgIpc) is 3.28. The summed E-state index contributed by atoms with van der Waals surface area (Å²) in [5.74, 6) is 0. The van der Waals surface area contributed by atoms with Crippen LogP contribution in [0.15, 0.2) is 42.6 Å². The third-order valence-corrected chi connectivity index (χ3v) is 5.68. The molecule has 0 aliphatic heterocycles. The van der Waals surface area contributed by atoms with Crippen LogP contribution in [0, 0.1) is 6.92 Å². The van der Waals surface area contributed by atoms with Crippen molar-refractivity contribution in [2.45, 2.75) is 51.6 Å². The minimum absolute atomic E-state index is 0.712. The first-order valence-electron chi connectivity index (χ1n) is 9.77. The quantitative estimate of drug-likeness (QED) is 0.667. The van der Waals surface area contributed by atoms with Crippen molar-refractivity contribution < 1.29 is 0 Å². The second-order valence-electron chi connectivity index (χ2n) is 7.57. The summed E-state index contributed by atoms with van der Waals surface area (Å²) in [6.45, 7) is 4.16. The van der Waals surface area contributed by atoms with Gasteiger partial charge in [-0.25, -0.2) is 4.98 Å². The van der Waals surface area contributed by atoms with Crippen LogP contribution in [0.2, 0.25) is 0 Å². The van der Waals surface area contributed by atoms with Gasteiger partial charge >= 0.3 is 0 Å². The molecule has 0 bridgehead atoms. The van der Waals surface area contributed by atoms with Gasteiger partial charge in [0, 0.05) is 37.8 Å². The maximum absolute atomic E-state index is 4.67. The van der Waals surface area contributed by atoms with Crippen LogP contribution in [-0.2, 0) is 20.0 Å². The largest absolute Gasteiger partial charge is 0.296 e. The lowest BCUT2D eigenvalue weighted by Crippen LogP contribution is -2.34. The Balaban J connectivity index is 1.53. The molecule has 0 radical (unpaired) electrons. The molecule has 2 aromatic heterocycles. The third kappa shape index (κ3) is 3.65. The van der Waals surface area contributed by atoms with E-state index in [2.05, 4.69) is 58.3 Å². The highest BCUT2D eigenvalue weighted by Gasteiger charge is 2.23. The smallest absolute Gasteiger partial charge is 0.157 e. The van der Waals surface area contributed by atoms with Gasteiger partial charge in [-0.2, -0.15) is 5.10 Å². The van der Waals surface area contributed by atoms with Crippen molar-refractivity contribution in [3.63, 3.8) is 0 Å². The molecule has 0 atom stereocenters. The van der Waals surface area contributed by atoms with Gasteiger partial charge in [-0.1, -0.05) is 43.2 Å². The fraction of sp³-hybridized carbons (Fsp3) is 0.455. The highest BCUT2D eigenvalue weighted by atomic mass is 15.3. The SMILES string of the molecule is Cc1nn(C)c2ncc(CN(CCc3ccccc3)C3CCCC3)cc12. The molecule has 2 heterocycles. The fourth-order valence-corrected chi connectivity index (χ4v) is 4.25. The molecule has 0 N–H and O–H groups in total. The van der Waals surface area contributed by atoms with Gasteiger partial charge in [0.1, 0.15) is 0 Å². The normalized spacial score (nSPS) is 15.3. The maximum atomic E-state index is 4.67. The first kappa shape index (κ1) is 17.2. The minimum atomic E-state index is 0.712. The van der Waals surface area contributed by atoms with Crippen LogP contribution in [-0.4, -0.2) is 32.3 Å². The maximum Gasteiger partial charge on any atom is 0.157 e. The molecular weight excluding hydrogens is 320 g/mol. The number of rotatable bonds is 6. The van der Waals surface area contributed by atoms with Crippen molar-refractivity contribution >= 4 is 11.0 Å². The number of aromatic nitrogens is 3. The van der Waals surface area contributed by atoms with E-state index in [1.807, 2.05) is 17.9 Å². The van der Waals surface area contributed by atoms with Gasteiger partial charge in [0.15, 0.2) is 5.65 Å². The highest BCUT2D eigenvalue weighted by molar-refractivity contribution is 5.78. The molecule has 1 aliphatic carbocycles. The van der Waals surface area contributed by atoms with Crippen LogP contribution < -0.4 is 0 Å². The van der Waals surface area contributed by atoms with E-state index >= 15 is 0 Å². The lowest BCUT2D eigenvalue weighted by atomic mass is 10.1. The van der Waals surface area contributed by atoms with Gasteiger partial charge in [-0.3, -0.25) is 9.58 Å². The van der Waals surface area contributed by atoms with Crippen LogP contribution in [0.3, 0.4) is 0 Å². The molecular formula is C22H28N4. The third-order valence-electron chi connectivity index (χ3n) is 5.68. The molecule has 1 saturated carbocycles. The number of pyridine rings is 1. The highest BCUT2D eigenvalue weighted by Crippen LogP contribution is 2.26. The molecule has 0 spiro atoms. The van der Waals surface area contributed by atoms with E-state index in [9.17, 15) is 0 Å². The zero-order valence-corrected chi connectivity index (χ0v) is 15.9. The van der Waals surface area contributed by atoms with Gasteiger partial charge in [0.05, 0.1) is 5.69 Å². The van der Waals surface area contributed by atoms with Crippen LogP contribution >= 0.6 is 0 Å². The molecule has 1 aliphatic rings. The molecule has 0 saturated heterocycles. The number of hydrogen-bond donors (Lipinski definition) is 0. The Bertz CT molecular complexity index is 862. The Morgan fingerprint density at radius 3 is 2.65 bits per heavy atom. The van der Waals surface area contributed by atoms with Gasteiger partial charge in [-0.15, -0.1) is 0 Å². The van der Waals surface area contributed by atoms with E-state index in [1.54, 1.807) is 0 Å². The Labute approximate surface area is 155 Å². The predicted octanol–water partition coefficient (Wildman–Crippen LogP) is 4.26. The van der Waals surface area contributed by atoms with Gasteiger partial charge < -0.3 is 0 Å². The molecule has 0 amide bonds. The number of nitrogens with zero attached hydrogens (tertiary/aromatic N) is 4. The summed E-state index contributed by atoms with van der Waals surface area (Å²) >= 11 is 0. The van der Waals surface area contributed by atoms with Gasteiger partial charge in [0.2, 0.25) is 0 Å². The van der Waals surface area contributed by atoms with E-state index in [0.29, 0.717) is 6.04 Å². The zero-order chi connectivity index (χ0) is 17.9. The first-order valence-corrected chi connectivity index (χ1v) is 9.77. The van der Waals surface area contributed by atoms with Crippen molar-refractivity contribution in [1.29, 1.82) is 0 Å². The van der Waals surface area contributed by atoms with Crippen LogP contribution in [0.1, 0.15) is 42.5 Å². The lowest BCUT2D eigenvalue weighted by Gasteiger charge is -2.29. The van der Waals surface area contributed by atoms with Gasteiger partial charge in [0.25, 0.3) is 0 Å². The second kappa shape index (κ2) is 7.58. The summed E-state index contributed by atoms with van der Waals surface area (Å²) < 4.78 is 1.87. The number of benzene rings is 1. The summed E-state index contributed by atoms with van der Waals surface area (Å²) in [6.07, 6.45) is 8.54. The Hall–Kier alpha value is -2.20. The Kier molecular flexibility index (Phi) is 5.02. The zero-order valence-electron chi connectivity index (χ0n) is 15.9. The van der Waals surface area contributed by atoms with Crippen LogP contribution in [0.4, 0.5) is 0 Å². The summed E-state index contributed by atoms with van der Waals surface area (Å²) in [5.41, 5.74) is 4.76. The summed E-state index contributed by atoms with van der Waals surface area (Å²) in [5, 5.41) is 5.68. The second-order valence-corrected chi connectivity index (χ2v) is 7.57. The summed E-state index contributed by atoms with van der Waals surface area (Å²) in [4.78, 5) is 7.35. The van der Waals surface area contributed by atoms with Crippen molar-refractivity contribution in [2.75, 3.05) is 6.54 Å². The topological polar surface area (TPSA) is 34.0 Å². The van der Waals surface area contributed by atoms with E-state index in [4.69, 9.17) is 0 Å². The molecule has 0 unspecified atom stereocenters. The van der Waals surface area contributed by atoms with E-state index in [-0.39, 0.29) is 0 Å². The minimum Gasteiger partial charge on any atom is -0.296 e. The standard InChI is InChI=1S/C22H28N4/c1-17-21-14-19(15-23-22(21)25(2)24-17)16-26(20-10-6-7-11-20)13-12-18-8-4-3-5-9-18/h3-5,8-9,14-15,20H,6-7,10-13,16H2,1-2H3. The molecule has 4 heteroatoms. The van der Waals surface area contributed by atoms with Crippen LogP contribution in [0.25, 0.3) is 11.0 Å². The molecule has 1 aromatic carbocycles. The number of fused-ring (bicyclic) bond motifs is 1. The monoisotopic (exact) mass is 348 g/mol. The molecule has 4 nitrogen and oxygen atoms in total. The van der Waals surface area contributed by atoms with Crippen molar-refractivity contribution in [1.82, 2.24) is 19.7 Å². The van der Waals surface area contributed by atoms with Gasteiger partial charge in [-0.05, 0) is 43.4 Å². The molecule has 3 aromatic rings. The molecule has 1 fully saturated rings. The first-order chi connectivity index (χ1) is 12.7. The number of aryl methyl sites for hydroxylation is 2. The average molecular weight is 348 g/mol. The molecule has 26 heavy (non-hydrogen) atoms. The Morgan fingerprint density at radius 1 is 1.12 bits per heavy atom. The van der Waals surface area contributed by atoms with Crippen LogP contribution in [0.5, 0.6) is 0 Å². The summed E-state index contributed by atoms with van der Waals surface area (Å²) in [7, 11) is 1.96.